The zero-order chi connectivity index (χ0) is 15.5. The summed E-state index contributed by atoms with van der Waals surface area (Å²) < 4.78 is 0. The van der Waals surface area contributed by atoms with Crippen molar-refractivity contribution in [3.05, 3.63) is 58.6 Å². The average molecular weight is 349 g/mol. The first kappa shape index (κ1) is 15.5. The van der Waals surface area contributed by atoms with E-state index in [1.165, 1.54) is 0 Å². The van der Waals surface area contributed by atoms with Crippen LogP contribution in [0.4, 0.5) is 0 Å². The highest BCUT2D eigenvalue weighted by Gasteiger charge is 2.14. The third-order valence-corrected chi connectivity index (χ3v) is 4.47. The molecule has 1 N–H and O–H groups in total. The van der Waals surface area contributed by atoms with Crippen molar-refractivity contribution >= 4 is 35.0 Å². The standard InChI is InChI=1S/C17H14Cl2N2S/c1-2-22-17-20-15(11-3-7-13(18)8-4-11)16(21-17)12-5-9-14(19)10-6-12/h3-10H,2H2,1H3,(H,20,21). The quantitative estimate of drug-likeness (QED) is 0.571. The lowest BCUT2D eigenvalue weighted by atomic mass is 10.1. The van der Waals surface area contributed by atoms with Crippen LogP contribution in [0.3, 0.4) is 0 Å². The normalized spacial score (nSPS) is 10.9. The molecule has 112 valence electrons. The van der Waals surface area contributed by atoms with Crippen molar-refractivity contribution in [3.8, 4) is 22.5 Å². The number of imidazole rings is 1. The number of nitrogens with zero attached hydrogens (tertiary/aromatic N) is 1. The van der Waals surface area contributed by atoms with Crippen LogP contribution in [0.2, 0.25) is 10.0 Å². The van der Waals surface area contributed by atoms with Crippen LogP contribution in [0.25, 0.3) is 22.5 Å². The molecule has 0 aliphatic heterocycles. The Morgan fingerprint density at radius 2 is 1.45 bits per heavy atom. The number of halogens is 2. The molecule has 0 saturated carbocycles. The molecule has 22 heavy (non-hydrogen) atoms. The number of H-pyrrole nitrogens is 1. The zero-order valence-corrected chi connectivity index (χ0v) is 14.3. The lowest BCUT2D eigenvalue weighted by Crippen LogP contribution is -1.83. The average Bonchev–Trinajstić information content (AvgIpc) is 2.93. The summed E-state index contributed by atoms with van der Waals surface area (Å²) >= 11 is 13.7. The van der Waals surface area contributed by atoms with Crippen LogP contribution in [0.15, 0.2) is 53.7 Å². The molecule has 0 bridgehead atoms. The van der Waals surface area contributed by atoms with Crippen molar-refractivity contribution in [2.45, 2.75) is 12.1 Å². The van der Waals surface area contributed by atoms with E-state index >= 15 is 0 Å². The second-order valence-corrected chi connectivity index (χ2v) is 6.84. The van der Waals surface area contributed by atoms with Crippen molar-refractivity contribution in [1.29, 1.82) is 0 Å². The smallest absolute Gasteiger partial charge is 0.166 e. The molecule has 0 amide bonds. The Bertz CT molecular complexity index is 701. The first-order valence-electron chi connectivity index (χ1n) is 6.92. The Hall–Kier alpha value is -1.42. The minimum Gasteiger partial charge on any atom is -0.332 e. The predicted octanol–water partition coefficient (Wildman–Crippen LogP) is 6.16. The van der Waals surface area contributed by atoms with Crippen molar-refractivity contribution in [1.82, 2.24) is 9.97 Å². The molecule has 1 aromatic heterocycles. The topological polar surface area (TPSA) is 28.7 Å². The van der Waals surface area contributed by atoms with Crippen LogP contribution in [-0.2, 0) is 0 Å². The number of thioether (sulfide) groups is 1. The molecule has 0 aliphatic carbocycles. The molecular weight excluding hydrogens is 335 g/mol. The van der Waals surface area contributed by atoms with E-state index in [2.05, 4.69) is 11.9 Å². The zero-order valence-electron chi connectivity index (χ0n) is 11.9. The highest BCUT2D eigenvalue weighted by molar-refractivity contribution is 7.99. The lowest BCUT2D eigenvalue weighted by molar-refractivity contribution is 1.06. The summed E-state index contributed by atoms with van der Waals surface area (Å²) in [6.45, 7) is 2.11. The number of benzene rings is 2. The molecular formula is C17H14Cl2N2S. The van der Waals surface area contributed by atoms with E-state index in [0.29, 0.717) is 0 Å². The van der Waals surface area contributed by atoms with Crippen molar-refractivity contribution in [2.75, 3.05) is 5.75 Å². The van der Waals surface area contributed by atoms with Gasteiger partial charge in [0.15, 0.2) is 5.16 Å². The van der Waals surface area contributed by atoms with E-state index in [-0.39, 0.29) is 0 Å². The summed E-state index contributed by atoms with van der Waals surface area (Å²) in [5.41, 5.74) is 4.02. The molecule has 0 fully saturated rings. The second-order valence-electron chi connectivity index (χ2n) is 4.71. The maximum Gasteiger partial charge on any atom is 0.166 e. The number of nitrogens with one attached hydrogen (secondary N) is 1. The predicted molar refractivity (Wildman–Crippen MR) is 95.9 cm³/mol. The fourth-order valence-corrected chi connectivity index (χ4v) is 3.05. The second kappa shape index (κ2) is 6.78. The SMILES string of the molecule is CCSc1nc(-c2ccc(Cl)cc2)c(-c2ccc(Cl)cc2)[nH]1. The fourth-order valence-electron chi connectivity index (χ4n) is 2.20. The molecule has 2 aromatic carbocycles. The third-order valence-electron chi connectivity index (χ3n) is 3.21. The monoisotopic (exact) mass is 348 g/mol. The van der Waals surface area contributed by atoms with Gasteiger partial charge in [-0.3, -0.25) is 0 Å². The lowest BCUT2D eigenvalue weighted by Gasteiger charge is -2.03. The van der Waals surface area contributed by atoms with Gasteiger partial charge in [-0.2, -0.15) is 0 Å². The molecule has 0 aliphatic rings. The van der Waals surface area contributed by atoms with Crippen molar-refractivity contribution < 1.29 is 0 Å². The Kier molecular flexibility index (Phi) is 4.77. The Labute approximate surface area is 143 Å². The minimum atomic E-state index is 0.718. The summed E-state index contributed by atoms with van der Waals surface area (Å²) in [5, 5.41) is 2.35. The number of aromatic nitrogens is 2. The molecule has 3 rings (SSSR count). The molecule has 3 aromatic rings. The summed E-state index contributed by atoms with van der Waals surface area (Å²) in [6, 6.07) is 15.5. The van der Waals surface area contributed by atoms with Gasteiger partial charge in [0.1, 0.15) is 0 Å². The van der Waals surface area contributed by atoms with Gasteiger partial charge in [0, 0.05) is 21.2 Å². The maximum absolute atomic E-state index is 5.98. The van der Waals surface area contributed by atoms with Gasteiger partial charge in [0.05, 0.1) is 11.4 Å². The van der Waals surface area contributed by atoms with E-state index in [9.17, 15) is 0 Å². The molecule has 0 radical (unpaired) electrons. The van der Waals surface area contributed by atoms with Gasteiger partial charge in [-0.15, -0.1) is 0 Å². The van der Waals surface area contributed by atoms with Crippen LogP contribution in [0.1, 0.15) is 6.92 Å². The summed E-state index contributed by atoms with van der Waals surface area (Å²) in [6.07, 6.45) is 0. The number of hydrogen-bond acceptors (Lipinski definition) is 2. The first-order valence-corrected chi connectivity index (χ1v) is 8.66. The summed E-state index contributed by atoms with van der Waals surface area (Å²) in [7, 11) is 0. The molecule has 0 spiro atoms. The Balaban J connectivity index is 2.11. The number of hydrogen-bond donors (Lipinski definition) is 1. The number of aromatic amines is 1. The van der Waals surface area contributed by atoms with Gasteiger partial charge in [0.25, 0.3) is 0 Å². The highest BCUT2D eigenvalue weighted by Crippen LogP contribution is 2.33. The van der Waals surface area contributed by atoms with Crippen LogP contribution < -0.4 is 0 Å². The maximum atomic E-state index is 5.98. The van der Waals surface area contributed by atoms with Gasteiger partial charge in [0.2, 0.25) is 0 Å². The van der Waals surface area contributed by atoms with E-state index in [0.717, 1.165) is 43.5 Å². The van der Waals surface area contributed by atoms with E-state index < -0.39 is 0 Å². The minimum absolute atomic E-state index is 0.718. The summed E-state index contributed by atoms with van der Waals surface area (Å²) in [4.78, 5) is 8.14. The molecule has 0 saturated heterocycles. The van der Waals surface area contributed by atoms with Gasteiger partial charge in [-0.1, -0.05) is 66.2 Å². The number of rotatable bonds is 4. The van der Waals surface area contributed by atoms with Crippen LogP contribution in [0, 0.1) is 0 Å². The molecule has 2 nitrogen and oxygen atoms in total. The van der Waals surface area contributed by atoms with Crippen LogP contribution in [0.5, 0.6) is 0 Å². The third kappa shape index (κ3) is 3.32. The van der Waals surface area contributed by atoms with Gasteiger partial charge in [-0.05, 0) is 30.0 Å². The van der Waals surface area contributed by atoms with E-state index in [1.54, 1.807) is 11.8 Å². The highest BCUT2D eigenvalue weighted by atomic mass is 35.5. The molecule has 0 unspecified atom stereocenters. The summed E-state index contributed by atoms with van der Waals surface area (Å²) in [5.74, 6) is 0.966. The van der Waals surface area contributed by atoms with Crippen molar-refractivity contribution in [3.63, 3.8) is 0 Å². The molecule has 0 atom stereocenters. The Morgan fingerprint density at radius 3 is 2.00 bits per heavy atom. The van der Waals surface area contributed by atoms with Gasteiger partial charge in [-0.25, -0.2) is 4.98 Å². The van der Waals surface area contributed by atoms with Crippen LogP contribution in [-0.4, -0.2) is 15.7 Å². The fraction of sp³-hybridized carbons (Fsp3) is 0.118. The van der Waals surface area contributed by atoms with E-state index in [4.69, 9.17) is 28.2 Å². The largest absolute Gasteiger partial charge is 0.332 e. The Morgan fingerprint density at radius 1 is 0.909 bits per heavy atom. The first-order chi connectivity index (χ1) is 10.7. The molecule has 1 heterocycles. The van der Waals surface area contributed by atoms with Gasteiger partial charge < -0.3 is 4.98 Å². The van der Waals surface area contributed by atoms with Crippen LogP contribution >= 0.6 is 35.0 Å². The molecule has 5 heteroatoms. The van der Waals surface area contributed by atoms with Crippen molar-refractivity contribution in [2.24, 2.45) is 0 Å². The van der Waals surface area contributed by atoms with E-state index in [1.807, 2.05) is 48.5 Å². The van der Waals surface area contributed by atoms with Gasteiger partial charge >= 0.3 is 0 Å².